The number of nitrogens with zero attached hydrogens (tertiary/aromatic N) is 2. The quantitative estimate of drug-likeness (QED) is 0.359. The van der Waals surface area contributed by atoms with Gasteiger partial charge in [0, 0.05) is 39.8 Å². The summed E-state index contributed by atoms with van der Waals surface area (Å²) in [6.45, 7) is 0.841. The van der Waals surface area contributed by atoms with Crippen LogP contribution in [0.3, 0.4) is 0 Å². The highest BCUT2D eigenvalue weighted by atomic mass is 16.3. The van der Waals surface area contributed by atoms with Gasteiger partial charge in [0.1, 0.15) is 6.29 Å². The zero-order valence-corrected chi connectivity index (χ0v) is 14.2. The molecule has 0 aliphatic rings. The second-order valence-corrected chi connectivity index (χ2v) is 6.44. The van der Waals surface area contributed by atoms with E-state index in [4.69, 9.17) is 0 Å². The number of fused-ring (bicyclic) bond motifs is 3. The lowest BCUT2D eigenvalue weighted by Gasteiger charge is -2.17. The lowest BCUT2D eigenvalue weighted by molar-refractivity contribution is 0.112. The van der Waals surface area contributed by atoms with E-state index in [9.17, 15) is 9.70 Å². The van der Waals surface area contributed by atoms with Crippen LogP contribution in [-0.4, -0.2) is 17.4 Å². The highest BCUT2D eigenvalue weighted by Gasteiger charge is 2.17. The number of hydrogen-bond acceptors (Lipinski definition) is 3. The maximum Gasteiger partial charge on any atom is 0.150 e. The number of para-hydroxylation sites is 1. The SMILES string of the molecule is O=Cc1ccc2c3ccccc3n(CC(CN=O)c3ccccc3)c2c1. The van der Waals surface area contributed by atoms with Crippen molar-refractivity contribution in [3.8, 4) is 0 Å². The second kappa shape index (κ2) is 6.92. The number of nitroso groups, excluding NO2 is 1. The molecular formula is C22H18N2O2. The van der Waals surface area contributed by atoms with Crippen LogP contribution in [0.1, 0.15) is 21.8 Å². The number of aromatic nitrogens is 1. The fourth-order valence-corrected chi connectivity index (χ4v) is 3.64. The molecule has 0 aliphatic carbocycles. The first-order valence-electron chi connectivity index (χ1n) is 8.62. The molecule has 1 aromatic heterocycles. The van der Waals surface area contributed by atoms with E-state index in [0.717, 1.165) is 33.7 Å². The molecule has 0 amide bonds. The zero-order chi connectivity index (χ0) is 17.9. The van der Waals surface area contributed by atoms with Crippen LogP contribution in [-0.2, 0) is 6.54 Å². The van der Waals surface area contributed by atoms with Gasteiger partial charge in [0.05, 0.1) is 6.54 Å². The fraction of sp³-hybridized carbons (Fsp3) is 0.136. The van der Waals surface area contributed by atoms with Gasteiger partial charge in [-0.1, -0.05) is 65.8 Å². The highest BCUT2D eigenvalue weighted by Crippen LogP contribution is 2.32. The van der Waals surface area contributed by atoms with Crippen molar-refractivity contribution in [2.24, 2.45) is 5.18 Å². The standard InChI is InChI=1S/C22H18N2O2/c25-15-16-10-11-20-19-8-4-5-9-21(19)24(22(20)12-16)14-18(13-23-26)17-6-2-1-3-7-17/h1-12,15,18H,13-14H2. The lowest BCUT2D eigenvalue weighted by atomic mass is 9.99. The minimum Gasteiger partial charge on any atom is -0.340 e. The van der Waals surface area contributed by atoms with Gasteiger partial charge in [0.25, 0.3) is 0 Å². The molecule has 0 saturated heterocycles. The number of rotatable bonds is 6. The van der Waals surface area contributed by atoms with Crippen molar-refractivity contribution in [1.82, 2.24) is 4.57 Å². The molecule has 0 saturated carbocycles. The van der Waals surface area contributed by atoms with Gasteiger partial charge in [-0.3, -0.25) is 4.79 Å². The Morgan fingerprint density at radius 3 is 2.38 bits per heavy atom. The summed E-state index contributed by atoms with van der Waals surface area (Å²) in [4.78, 5) is 22.3. The smallest absolute Gasteiger partial charge is 0.150 e. The molecule has 0 aliphatic heterocycles. The van der Waals surface area contributed by atoms with Gasteiger partial charge in [-0.25, -0.2) is 0 Å². The van der Waals surface area contributed by atoms with E-state index in [2.05, 4.69) is 21.9 Å². The molecule has 0 N–H and O–H groups in total. The summed E-state index contributed by atoms with van der Waals surface area (Å²) >= 11 is 0. The van der Waals surface area contributed by atoms with Gasteiger partial charge in [-0.05, 0) is 17.7 Å². The molecule has 26 heavy (non-hydrogen) atoms. The molecule has 0 fully saturated rings. The van der Waals surface area contributed by atoms with Crippen LogP contribution >= 0.6 is 0 Å². The van der Waals surface area contributed by atoms with Crippen LogP contribution in [0.15, 0.2) is 78.0 Å². The van der Waals surface area contributed by atoms with Crippen LogP contribution in [0.25, 0.3) is 21.8 Å². The van der Waals surface area contributed by atoms with E-state index in [1.165, 1.54) is 0 Å². The molecule has 4 heteroatoms. The third kappa shape index (κ3) is 2.80. The Labute approximate surface area is 151 Å². The Bertz CT molecular complexity index is 1080. The van der Waals surface area contributed by atoms with Gasteiger partial charge in [-0.15, -0.1) is 0 Å². The Morgan fingerprint density at radius 2 is 1.62 bits per heavy atom. The molecular weight excluding hydrogens is 324 g/mol. The number of hydrogen-bond donors (Lipinski definition) is 0. The molecule has 4 aromatic rings. The molecule has 0 radical (unpaired) electrons. The maximum absolute atomic E-state index is 11.3. The minimum atomic E-state index is -0.0207. The lowest BCUT2D eigenvalue weighted by Crippen LogP contribution is -2.12. The van der Waals surface area contributed by atoms with Gasteiger partial charge in [-0.2, -0.15) is 4.91 Å². The Balaban J connectivity index is 1.90. The number of carbonyl (C=O) groups is 1. The zero-order valence-electron chi connectivity index (χ0n) is 14.2. The number of aldehydes is 1. The maximum atomic E-state index is 11.3. The van der Waals surface area contributed by atoms with Gasteiger partial charge in [0.15, 0.2) is 0 Å². The summed E-state index contributed by atoms with van der Waals surface area (Å²) in [5.41, 5.74) is 3.83. The van der Waals surface area contributed by atoms with Gasteiger partial charge in [0.2, 0.25) is 0 Å². The predicted octanol–water partition coefficient (Wildman–Crippen LogP) is 5.16. The summed E-state index contributed by atoms with van der Waals surface area (Å²) in [5.74, 6) is -0.0207. The highest BCUT2D eigenvalue weighted by molar-refractivity contribution is 6.09. The molecule has 4 nitrogen and oxygen atoms in total. The third-order valence-corrected chi connectivity index (χ3v) is 4.90. The number of carbonyl (C=O) groups excluding carboxylic acids is 1. The molecule has 1 heterocycles. The number of benzene rings is 3. The van der Waals surface area contributed by atoms with E-state index in [1.54, 1.807) is 0 Å². The van der Waals surface area contributed by atoms with Crippen molar-refractivity contribution in [3.05, 3.63) is 88.8 Å². The molecule has 128 valence electrons. The molecule has 4 rings (SSSR count). The Morgan fingerprint density at radius 1 is 0.885 bits per heavy atom. The topological polar surface area (TPSA) is 51.4 Å². The van der Waals surface area contributed by atoms with E-state index in [-0.39, 0.29) is 12.5 Å². The average Bonchev–Trinajstić information content (AvgIpc) is 3.01. The summed E-state index contributed by atoms with van der Waals surface area (Å²) in [6, 6.07) is 23.9. The third-order valence-electron chi connectivity index (χ3n) is 4.90. The summed E-state index contributed by atoms with van der Waals surface area (Å²) < 4.78 is 2.19. The van der Waals surface area contributed by atoms with Crippen LogP contribution in [0, 0.1) is 4.91 Å². The van der Waals surface area contributed by atoms with Crippen molar-refractivity contribution >= 4 is 28.1 Å². The minimum absolute atomic E-state index is 0.0207. The normalized spacial score (nSPS) is 12.3. The fourth-order valence-electron chi connectivity index (χ4n) is 3.64. The van der Waals surface area contributed by atoms with Crippen LogP contribution in [0.5, 0.6) is 0 Å². The van der Waals surface area contributed by atoms with Crippen molar-refractivity contribution < 1.29 is 4.79 Å². The van der Waals surface area contributed by atoms with Crippen molar-refractivity contribution in [2.45, 2.75) is 12.5 Å². The van der Waals surface area contributed by atoms with Crippen molar-refractivity contribution in [2.75, 3.05) is 6.54 Å². The molecule has 0 spiro atoms. The largest absolute Gasteiger partial charge is 0.340 e. The first-order valence-corrected chi connectivity index (χ1v) is 8.62. The average molecular weight is 342 g/mol. The monoisotopic (exact) mass is 342 g/mol. The summed E-state index contributed by atoms with van der Waals surface area (Å²) in [5, 5.41) is 5.42. The van der Waals surface area contributed by atoms with Crippen LogP contribution < -0.4 is 0 Å². The summed E-state index contributed by atoms with van der Waals surface area (Å²) in [6.07, 6.45) is 0.864. The van der Waals surface area contributed by atoms with E-state index in [0.29, 0.717) is 12.1 Å². The van der Waals surface area contributed by atoms with E-state index < -0.39 is 0 Å². The van der Waals surface area contributed by atoms with E-state index in [1.807, 2.05) is 60.7 Å². The van der Waals surface area contributed by atoms with E-state index >= 15 is 0 Å². The first kappa shape index (κ1) is 16.2. The van der Waals surface area contributed by atoms with Crippen molar-refractivity contribution in [1.29, 1.82) is 0 Å². The van der Waals surface area contributed by atoms with Crippen LogP contribution in [0.2, 0.25) is 0 Å². The second-order valence-electron chi connectivity index (χ2n) is 6.44. The summed E-state index contributed by atoms with van der Waals surface area (Å²) in [7, 11) is 0. The predicted molar refractivity (Wildman–Crippen MR) is 105 cm³/mol. The Kier molecular flexibility index (Phi) is 4.32. The van der Waals surface area contributed by atoms with Gasteiger partial charge < -0.3 is 4.57 Å². The molecule has 3 aromatic carbocycles. The van der Waals surface area contributed by atoms with Crippen molar-refractivity contribution in [3.63, 3.8) is 0 Å². The van der Waals surface area contributed by atoms with Gasteiger partial charge >= 0.3 is 0 Å². The Hall–Kier alpha value is -3.27. The molecule has 1 atom stereocenters. The molecule has 0 bridgehead atoms. The van der Waals surface area contributed by atoms with Crippen LogP contribution in [0.4, 0.5) is 0 Å². The molecule has 1 unspecified atom stereocenters. The first-order chi connectivity index (χ1) is 12.8.